The number of carbonyl (C=O) groups is 2. The first-order valence-corrected chi connectivity index (χ1v) is 9.18. The maximum Gasteiger partial charge on any atom is 0.254 e. The smallest absolute Gasteiger partial charge is 0.254 e. The van der Waals surface area contributed by atoms with Gasteiger partial charge in [0.25, 0.3) is 5.91 Å². The summed E-state index contributed by atoms with van der Waals surface area (Å²) in [5.41, 5.74) is 0.378. The second-order valence-corrected chi connectivity index (χ2v) is 6.98. The Labute approximate surface area is 160 Å². The fourth-order valence-corrected chi connectivity index (χ4v) is 3.64. The maximum atomic E-state index is 13.3. The average molecular weight is 384 g/mol. The van der Waals surface area contributed by atoms with Gasteiger partial charge in [-0.3, -0.25) is 14.5 Å². The van der Waals surface area contributed by atoms with Crippen molar-refractivity contribution in [2.24, 2.45) is 0 Å². The minimum absolute atomic E-state index is 0. The van der Waals surface area contributed by atoms with Gasteiger partial charge in [0.05, 0.1) is 6.54 Å². The van der Waals surface area contributed by atoms with Crippen molar-refractivity contribution in [2.45, 2.75) is 38.1 Å². The SMILES string of the molecule is Cl.O=C(CN1CCN(C(=O)c2cccc(F)c2)CC1)NC1CCCCC1. The van der Waals surface area contributed by atoms with E-state index in [0.717, 1.165) is 12.8 Å². The molecule has 0 spiro atoms. The van der Waals surface area contributed by atoms with Crippen molar-refractivity contribution in [1.82, 2.24) is 15.1 Å². The molecule has 1 aromatic carbocycles. The Bertz CT molecular complexity index is 615. The summed E-state index contributed by atoms with van der Waals surface area (Å²) in [7, 11) is 0. The lowest BCUT2D eigenvalue weighted by atomic mass is 9.95. The molecule has 0 aromatic heterocycles. The Balaban J connectivity index is 0.00000243. The number of hydrogen-bond donors (Lipinski definition) is 1. The number of benzene rings is 1. The molecule has 3 rings (SSSR count). The van der Waals surface area contributed by atoms with Gasteiger partial charge >= 0.3 is 0 Å². The topological polar surface area (TPSA) is 52.7 Å². The van der Waals surface area contributed by atoms with E-state index in [1.54, 1.807) is 17.0 Å². The van der Waals surface area contributed by atoms with Crippen molar-refractivity contribution in [2.75, 3.05) is 32.7 Å². The van der Waals surface area contributed by atoms with Gasteiger partial charge in [0.15, 0.2) is 0 Å². The summed E-state index contributed by atoms with van der Waals surface area (Å²) >= 11 is 0. The largest absolute Gasteiger partial charge is 0.352 e. The van der Waals surface area contributed by atoms with E-state index in [-0.39, 0.29) is 24.2 Å². The zero-order valence-electron chi connectivity index (χ0n) is 15.0. The van der Waals surface area contributed by atoms with E-state index >= 15 is 0 Å². The van der Waals surface area contributed by atoms with E-state index < -0.39 is 5.82 Å². The molecule has 1 aromatic rings. The van der Waals surface area contributed by atoms with Crippen molar-refractivity contribution in [1.29, 1.82) is 0 Å². The van der Waals surface area contributed by atoms with Crippen LogP contribution in [0.4, 0.5) is 4.39 Å². The Morgan fingerprint density at radius 1 is 1.08 bits per heavy atom. The molecule has 0 unspecified atom stereocenters. The van der Waals surface area contributed by atoms with Gasteiger partial charge in [-0.25, -0.2) is 4.39 Å². The van der Waals surface area contributed by atoms with Gasteiger partial charge in [0.1, 0.15) is 5.82 Å². The Morgan fingerprint density at radius 2 is 1.77 bits per heavy atom. The van der Waals surface area contributed by atoms with Crippen molar-refractivity contribution in [3.63, 3.8) is 0 Å². The summed E-state index contributed by atoms with van der Waals surface area (Å²) in [5.74, 6) is -0.466. The number of halogens is 2. The zero-order chi connectivity index (χ0) is 17.6. The quantitative estimate of drug-likeness (QED) is 0.868. The van der Waals surface area contributed by atoms with Crippen molar-refractivity contribution >= 4 is 24.2 Å². The number of carbonyl (C=O) groups excluding carboxylic acids is 2. The maximum absolute atomic E-state index is 13.3. The van der Waals surface area contributed by atoms with Crippen molar-refractivity contribution in [3.05, 3.63) is 35.6 Å². The molecule has 7 heteroatoms. The molecule has 1 aliphatic heterocycles. The molecule has 1 saturated heterocycles. The van der Waals surface area contributed by atoms with E-state index in [2.05, 4.69) is 10.2 Å². The summed E-state index contributed by atoms with van der Waals surface area (Å²) in [6.45, 7) is 2.84. The summed E-state index contributed by atoms with van der Waals surface area (Å²) in [4.78, 5) is 28.4. The van der Waals surface area contributed by atoms with Crippen LogP contribution in [0.15, 0.2) is 24.3 Å². The fraction of sp³-hybridized carbons (Fsp3) is 0.579. The van der Waals surface area contributed by atoms with Crippen LogP contribution >= 0.6 is 12.4 Å². The molecule has 2 amide bonds. The van der Waals surface area contributed by atoms with Crippen molar-refractivity contribution in [3.8, 4) is 0 Å². The highest BCUT2D eigenvalue weighted by Gasteiger charge is 2.24. The number of nitrogens with zero attached hydrogens (tertiary/aromatic N) is 2. The summed E-state index contributed by atoms with van der Waals surface area (Å²) in [6, 6.07) is 6.12. The van der Waals surface area contributed by atoms with Crippen LogP contribution in [0.3, 0.4) is 0 Å². The minimum Gasteiger partial charge on any atom is -0.352 e. The molecule has 1 N–H and O–H groups in total. The average Bonchev–Trinajstić information content (AvgIpc) is 2.62. The van der Waals surface area contributed by atoms with Crippen molar-refractivity contribution < 1.29 is 14.0 Å². The van der Waals surface area contributed by atoms with Gasteiger partial charge in [-0.05, 0) is 31.0 Å². The van der Waals surface area contributed by atoms with E-state index in [9.17, 15) is 14.0 Å². The molecule has 0 radical (unpaired) electrons. The first kappa shape index (κ1) is 20.6. The number of nitrogens with one attached hydrogen (secondary N) is 1. The fourth-order valence-electron chi connectivity index (χ4n) is 3.64. The molecule has 0 atom stereocenters. The van der Waals surface area contributed by atoms with Gasteiger partial charge in [-0.15, -0.1) is 12.4 Å². The molecule has 2 fully saturated rings. The van der Waals surface area contributed by atoms with Crippen LogP contribution in [0.25, 0.3) is 0 Å². The van der Waals surface area contributed by atoms with E-state index in [1.807, 2.05) is 0 Å². The van der Waals surface area contributed by atoms with E-state index in [0.29, 0.717) is 44.3 Å². The molecule has 144 valence electrons. The van der Waals surface area contributed by atoms with Gasteiger partial charge < -0.3 is 10.2 Å². The van der Waals surface area contributed by atoms with Crippen LogP contribution in [-0.2, 0) is 4.79 Å². The summed E-state index contributed by atoms with van der Waals surface area (Å²) in [5, 5.41) is 3.13. The van der Waals surface area contributed by atoms with Crippen LogP contribution in [0.1, 0.15) is 42.5 Å². The van der Waals surface area contributed by atoms with Gasteiger partial charge in [-0.2, -0.15) is 0 Å². The van der Waals surface area contributed by atoms with Crippen LogP contribution < -0.4 is 5.32 Å². The van der Waals surface area contributed by atoms with E-state index in [4.69, 9.17) is 0 Å². The second kappa shape index (κ2) is 9.88. The molecule has 5 nitrogen and oxygen atoms in total. The minimum atomic E-state index is -0.399. The van der Waals surface area contributed by atoms with Crippen LogP contribution in [0.2, 0.25) is 0 Å². The highest BCUT2D eigenvalue weighted by Crippen LogP contribution is 2.17. The Morgan fingerprint density at radius 3 is 2.42 bits per heavy atom. The van der Waals surface area contributed by atoms with Crippen LogP contribution in [-0.4, -0.2) is 60.4 Å². The Hall–Kier alpha value is -1.66. The van der Waals surface area contributed by atoms with Gasteiger partial charge in [0.2, 0.25) is 5.91 Å². The second-order valence-electron chi connectivity index (χ2n) is 6.98. The third-order valence-corrected chi connectivity index (χ3v) is 5.07. The normalized spacial score (nSPS) is 18.9. The third-order valence-electron chi connectivity index (χ3n) is 5.07. The molecule has 26 heavy (non-hydrogen) atoms. The number of piperazine rings is 1. The monoisotopic (exact) mass is 383 g/mol. The summed E-state index contributed by atoms with van der Waals surface area (Å²) < 4.78 is 13.3. The number of rotatable bonds is 4. The predicted molar refractivity (Wildman–Crippen MR) is 101 cm³/mol. The predicted octanol–water partition coefficient (Wildman–Crippen LogP) is 2.45. The van der Waals surface area contributed by atoms with Crippen LogP contribution in [0.5, 0.6) is 0 Å². The Kier molecular flexibility index (Phi) is 7.85. The highest BCUT2D eigenvalue weighted by atomic mass is 35.5. The third kappa shape index (κ3) is 5.68. The van der Waals surface area contributed by atoms with E-state index in [1.165, 1.54) is 31.4 Å². The molecule has 1 heterocycles. The number of hydrogen-bond acceptors (Lipinski definition) is 3. The van der Waals surface area contributed by atoms with Gasteiger partial charge in [0, 0.05) is 37.8 Å². The van der Waals surface area contributed by atoms with Gasteiger partial charge in [-0.1, -0.05) is 25.3 Å². The lowest BCUT2D eigenvalue weighted by molar-refractivity contribution is -0.123. The molecule has 2 aliphatic rings. The lowest BCUT2D eigenvalue weighted by Crippen LogP contribution is -2.52. The van der Waals surface area contributed by atoms with Crippen LogP contribution in [0, 0.1) is 5.82 Å². The molecule has 1 aliphatic carbocycles. The highest BCUT2D eigenvalue weighted by molar-refractivity contribution is 5.94. The lowest BCUT2D eigenvalue weighted by Gasteiger charge is -2.34. The summed E-state index contributed by atoms with van der Waals surface area (Å²) in [6.07, 6.45) is 5.84. The molecular formula is C19H27ClFN3O2. The molecule has 0 bridgehead atoms. The molecular weight excluding hydrogens is 357 g/mol. The number of amides is 2. The molecule has 1 saturated carbocycles. The standard InChI is InChI=1S/C19H26FN3O2.ClH/c20-16-6-4-5-15(13-16)19(25)23-11-9-22(10-12-23)14-18(24)21-17-7-2-1-3-8-17;/h4-6,13,17H,1-3,7-12,14H2,(H,21,24);1H. The first-order valence-electron chi connectivity index (χ1n) is 9.18. The zero-order valence-corrected chi connectivity index (χ0v) is 15.8. The first-order chi connectivity index (χ1) is 12.1.